The van der Waals surface area contributed by atoms with Crippen molar-refractivity contribution < 1.29 is 9.59 Å². The topological polar surface area (TPSA) is 94.9 Å². The van der Waals surface area contributed by atoms with Crippen LogP contribution in [0.2, 0.25) is 0 Å². The first-order valence-corrected chi connectivity index (χ1v) is 10.1. The summed E-state index contributed by atoms with van der Waals surface area (Å²) in [6.07, 6.45) is 4.36. The molecule has 3 N–H and O–H groups in total. The average Bonchev–Trinajstić information content (AvgIpc) is 3.36. The first-order valence-electron chi connectivity index (χ1n) is 9.52. The quantitative estimate of drug-likeness (QED) is 0.498. The van der Waals surface area contributed by atoms with Crippen LogP contribution in [0.3, 0.4) is 0 Å². The monoisotopic (exact) mass is 419 g/mol. The van der Waals surface area contributed by atoms with Gasteiger partial charge in [-0.2, -0.15) is 5.10 Å². The molecule has 0 aliphatic carbocycles. The van der Waals surface area contributed by atoms with Crippen LogP contribution in [0.25, 0.3) is 27.7 Å². The second kappa shape index (κ2) is 7.03. The van der Waals surface area contributed by atoms with Crippen molar-refractivity contribution in [3.05, 3.63) is 66.0 Å². The van der Waals surface area contributed by atoms with Gasteiger partial charge in [0.1, 0.15) is 5.88 Å². The highest BCUT2D eigenvalue weighted by atomic mass is 35.5. The number of nitrogen functional groups attached to an aromatic ring is 1. The fourth-order valence-corrected chi connectivity index (χ4v) is 4.01. The van der Waals surface area contributed by atoms with E-state index in [1.807, 2.05) is 48.7 Å². The van der Waals surface area contributed by atoms with Gasteiger partial charge in [0.15, 0.2) is 5.82 Å². The maximum atomic E-state index is 12.1. The third-order valence-corrected chi connectivity index (χ3v) is 5.64. The number of carbonyl (C=O) groups is 2. The molecule has 150 valence electrons. The van der Waals surface area contributed by atoms with E-state index in [2.05, 4.69) is 10.4 Å². The lowest BCUT2D eigenvalue weighted by Gasteiger charge is -2.17. The predicted molar refractivity (Wildman–Crippen MR) is 116 cm³/mol. The fourth-order valence-electron chi connectivity index (χ4n) is 3.88. The van der Waals surface area contributed by atoms with Gasteiger partial charge in [-0.25, -0.2) is 4.68 Å². The summed E-state index contributed by atoms with van der Waals surface area (Å²) in [6.45, 7) is 0.630. The van der Waals surface area contributed by atoms with E-state index in [1.165, 1.54) is 4.57 Å². The highest BCUT2D eigenvalue weighted by Gasteiger charge is 2.18. The molecule has 5 rings (SSSR count). The van der Waals surface area contributed by atoms with Gasteiger partial charge in [-0.1, -0.05) is 18.2 Å². The van der Waals surface area contributed by atoms with Crippen molar-refractivity contribution in [2.45, 2.75) is 6.42 Å². The number of halogens is 1. The Morgan fingerprint density at radius 3 is 2.87 bits per heavy atom. The lowest BCUT2D eigenvalue weighted by Crippen LogP contribution is -2.31. The molecular weight excluding hydrogens is 402 g/mol. The Hall–Kier alpha value is -3.58. The van der Waals surface area contributed by atoms with Crippen molar-refractivity contribution in [3.63, 3.8) is 0 Å². The van der Waals surface area contributed by atoms with Crippen LogP contribution in [0.15, 0.2) is 54.9 Å². The van der Waals surface area contributed by atoms with Crippen LogP contribution in [0.1, 0.15) is 20.7 Å². The zero-order chi connectivity index (χ0) is 20.8. The molecule has 0 bridgehead atoms. The third kappa shape index (κ3) is 2.95. The van der Waals surface area contributed by atoms with Crippen LogP contribution >= 0.6 is 11.6 Å². The number of hydrogen-bond acceptors (Lipinski definition) is 4. The molecule has 0 saturated heterocycles. The summed E-state index contributed by atoms with van der Waals surface area (Å²) < 4.78 is 3.23. The smallest absolute Gasteiger partial charge is 0.251 e. The Bertz CT molecular complexity index is 1320. The number of fused-ring (bicyclic) bond motifs is 2. The minimum Gasteiger partial charge on any atom is -0.382 e. The van der Waals surface area contributed by atoms with Gasteiger partial charge in [-0.15, -0.1) is 11.6 Å². The summed E-state index contributed by atoms with van der Waals surface area (Å²) in [6, 6.07) is 13.3. The molecule has 7 nitrogen and oxygen atoms in total. The maximum absolute atomic E-state index is 12.1. The molecule has 8 heteroatoms. The summed E-state index contributed by atoms with van der Waals surface area (Å²) in [4.78, 5) is 24.1. The number of alkyl halides is 1. The van der Waals surface area contributed by atoms with E-state index in [-0.39, 0.29) is 17.7 Å². The van der Waals surface area contributed by atoms with Gasteiger partial charge in [0.25, 0.3) is 5.91 Å². The molecule has 0 atom stereocenters. The summed E-state index contributed by atoms with van der Waals surface area (Å²) in [7, 11) is 0. The molecule has 2 aromatic heterocycles. The first kappa shape index (κ1) is 18.4. The average molecular weight is 420 g/mol. The highest BCUT2D eigenvalue weighted by Crippen LogP contribution is 2.30. The van der Waals surface area contributed by atoms with E-state index in [9.17, 15) is 9.59 Å². The van der Waals surface area contributed by atoms with Crippen molar-refractivity contribution in [1.82, 2.24) is 19.7 Å². The number of hydrogen-bond donors (Lipinski definition) is 2. The van der Waals surface area contributed by atoms with Gasteiger partial charge < -0.3 is 11.1 Å². The molecule has 0 spiro atoms. The summed E-state index contributed by atoms with van der Waals surface area (Å²) in [5.41, 5.74) is 11.2. The number of nitrogens with two attached hydrogens (primary N) is 1. The largest absolute Gasteiger partial charge is 0.382 e. The minimum absolute atomic E-state index is 0.0470. The van der Waals surface area contributed by atoms with E-state index >= 15 is 0 Å². The number of carbonyl (C=O) groups excluding carboxylic acids is 2. The molecule has 1 aliphatic rings. The molecular formula is C22H18ClN5O2. The molecule has 4 aromatic rings. The Balaban J connectivity index is 1.56. The van der Waals surface area contributed by atoms with Crippen molar-refractivity contribution in [2.75, 3.05) is 18.2 Å². The Morgan fingerprint density at radius 1 is 1.17 bits per heavy atom. The van der Waals surface area contributed by atoms with E-state index in [0.717, 1.165) is 39.7 Å². The Labute approximate surface area is 177 Å². The SMILES string of the molecule is Nc1nn(-c2ccc3ccn(C(=O)CCl)c3c2)cc1-c1ccc2c(c1)CCNC2=O. The Morgan fingerprint density at radius 2 is 2.03 bits per heavy atom. The second-order valence-electron chi connectivity index (χ2n) is 7.21. The van der Waals surface area contributed by atoms with Crippen molar-refractivity contribution in [2.24, 2.45) is 0 Å². The maximum Gasteiger partial charge on any atom is 0.251 e. The van der Waals surface area contributed by atoms with Gasteiger partial charge in [0.05, 0.1) is 11.2 Å². The zero-order valence-electron chi connectivity index (χ0n) is 15.9. The number of rotatable bonds is 3. The highest BCUT2D eigenvalue weighted by molar-refractivity contribution is 6.28. The van der Waals surface area contributed by atoms with Crippen LogP contribution in [0.4, 0.5) is 5.82 Å². The van der Waals surface area contributed by atoms with Crippen LogP contribution in [-0.4, -0.2) is 38.6 Å². The molecule has 0 fully saturated rings. The molecule has 3 heterocycles. The molecule has 1 amide bonds. The lowest BCUT2D eigenvalue weighted by molar-refractivity contribution is 0.0937. The standard InChI is InChI=1S/C22H18ClN5O2/c23-11-20(29)27-8-6-13-1-3-16(10-19(13)27)28-12-18(21(24)26-28)14-2-4-17-15(9-14)5-7-25-22(17)30/h1-4,6,8-10,12H,5,7,11H2,(H2,24,26)(H,25,30). The lowest BCUT2D eigenvalue weighted by atomic mass is 9.96. The molecule has 0 saturated carbocycles. The van der Waals surface area contributed by atoms with Gasteiger partial charge in [0.2, 0.25) is 5.91 Å². The van der Waals surface area contributed by atoms with Gasteiger partial charge in [0, 0.05) is 35.5 Å². The van der Waals surface area contributed by atoms with E-state index < -0.39 is 0 Å². The van der Waals surface area contributed by atoms with Gasteiger partial charge >= 0.3 is 0 Å². The molecule has 2 aromatic carbocycles. The number of nitrogens with one attached hydrogen (secondary N) is 1. The van der Waals surface area contributed by atoms with Crippen LogP contribution in [-0.2, 0) is 6.42 Å². The Kier molecular flexibility index (Phi) is 4.33. The summed E-state index contributed by atoms with van der Waals surface area (Å²) in [5.74, 6) is 0.0582. The van der Waals surface area contributed by atoms with Gasteiger partial charge in [-0.3, -0.25) is 14.2 Å². The zero-order valence-corrected chi connectivity index (χ0v) is 16.7. The third-order valence-electron chi connectivity index (χ3n) is 5.41. The van der Waals surface area contributed by atoms with Gasteiger partial charge in [-0.05, 0) is 41.8 Å². The summed E-state index contributed by atoms with van der Waals surface area (Å²) in [5, 5.41) is 8.25. The number of aromatic nitrogens is 3. The number of anilines is 1. The van der Waals surface area contributed by atoms with E-state index in [0.29, 0.717) is 17.9 Å². The molecule has 1 aliphatic heterocycles. The molecule has 30 heavy (non-hydrogen) atoms. The van der Waals surface area contributed by atoms with E-state index in [4.69, 9.17) is 17.3 Å². The van der Waals surface area contributed by atoms with E-state index in [1.54, 1.807) is 10.9 Å². The number of benzene rings is 2. The van der Waals surface area contributed by atoms with Crippen molar-refractivity contribution in [3.8, 4) is 16.8 Å². The van der Waals surface area contributed by atoms with Crippen molar-refractivity contribution >= 4 is 40.1 Å². The number of amides is 1. The first-order chi connectivity index (χ1) is 14.5. The summed E-state index contributed by atoms with van der Waals surface area (Å²) >= 11 is 5.72. The number of nitrogens with zero attached hydrogens (tertiary/aromatic N) is 3. The molecule has 0 unspecified atom stereocenters. The predicted octanol–water partition coefficient (Wildman–Crippen LogP) is 3.24. The van der Waals surface area contributed by atoms with Crippen molar-refractivity contribution in [1.29, 1.82) is 0 Å². The fraction of sp³-hybridized carbons (Fsp3) is 0.136. The molecule has 0 radical (unpaired) electrons. The van der Waals surface area contributed by atoms with Crippen LogP contribution in [0.5, 0.6) is 0 Å². The normalized spacial score (nSPS) is 13.3. The van der Waals surface area contributed by atoms with Crippen LogP contribution < -0.4 is 11.1 Å². The van der Waals surface area contributed by atoms with Crippen LogP contribution in [0, 0.1) is 0 Å². The second-order valence-corrected chi connectivity index (χ2v) is 7.47. The minimum atomic E-state index is -0.192.